The van der Waals surface area contributed by atoms with Gasteiger partial charge in [-0.2, -0.15) is 0 Å². The maximum Gasteiger partial charge on any atom is 0.285 e. The molecule has 0 aromatic heterocycles. The molecule has 1 heterocycles. The van der Waals surface area contributed by atoms with Crippen LogP contribution in [0.3, 0.4) is 0 Å². The fraction of sp³-hybridized carbons (Fsp3) is 0.300. The fourth-order valence-electron chi connectivity index (χ4n) is 2.94. The standard InChI is InChI=1S/C20H23N3O3/c1-15(22(2)12-13-26-16-8-4-3-5-9-16)20(25)23-14-19(24)21-17-10-6-7-11-18(17)23/h3-11,15H,12-14H2,1-2H3,(H,21,24)/p+1/t15-/m0/s1. The molecule has 2 N–H and O–H groups in total. The highest BCUT2D eigenvalue weighted by Crippen LogP contribution is 2.29. The molecule has 2 aromatic carbocycles. The summed E-state index contributed by atoms with van der Waals surface area (Å²) in [6.07, 6.45) is 0. The topological polar surface area (TPSA) is 63.1 Å². The molecule has 136 valence electrons. The fourth-order valence-corrected chi connectivity index (χ4v) is 2.94. The lowest BCUT2D eigenvalue weighted by molar-refractivity contribution is -0.894. The lowest BCUT2D eigenvalue weighted by Gasteiger charge is -2.32. The van der Waals surface area contributed by atoms with Crippen molar-refractivity contribution in [3.8, 4) is 5.75 Å². The van der Waals surface area contributed by atoms with E-state index in [4.69, 9.17) is 4.74 Å². The minimum atomic E-state index is -0.284. The Bertz CT molecular complexity index is 779. The molecular formula is C20H24N3O3+. The number of benzene rings is 2. The summed E-state index contributed by atoms with van der Waals surface area (Å²) >= 11 is 0. The summed E-state index contributed by atoms with van der Waals surface area (Å²) < 4.78 is 5.72. The Morgan fingerprint density at radius 2 is 1.88 bits per heavy atom. The molecule has 6 heteroatoms. The maximum absolute atomic E-state index is 13.0. The third kappa shape index (κ3) is 4.03. The van der Waals surface area contributed by atoms with Gasteiger partial charge < -0.3 is 15.0 Å². The first-order valence-corrected chi connectivity index (χ1v) is 8.76. The molecule has 0 fully saturated rings. The van der Waals surface area contributed by atoms with Gasteiger partial charge in [0.1, 0.15) is 25.4 Å². The van der Waals surface area contributed by atoms with Crippen molar-refractivity contribution in [3.63, 3.8) is 0 Å². The second-order valence-corrected chi connectivity index (χ2v) is 6.47. The van der Waals surface area contributed by atoms with Gasteiger partial charge in [-0.15, -0.1) is 0 Å². The maximum atomic E-state index is 13.0. The third-order valence-corrected chi connectivity index (χ3v) is 4.65. The molecule has 2 atom stereocenters. The minimum absolute atomic E-state index is 0.0496. The molecule has 1 aliphatic rings. The number of hydrogen-bond donors (Lipinski definition) is 2. The molecule has 0 aliphatic carbocycles. The van der Waals surface area contributed by atoms with Crippen molar-refractivity contribution in [2.24, 2.45) is 0 Å². The molecule has 0 saturated heterocycles. The number of carbonyl (C=O) groups excluding carboxylic acids is 2. The lowest BCUT2D eigenvalue weighted by atomic mass is 10.1. The van der Waals surface area contributed by atoms with Crippen molar-refractivity contribution in [1.29, 1.82) is 0 Å². The van der Waals surface area contributed by atoms with Crippen molar-refractivity contribution in [2.75, 3.05) is 37.0 Å². The highest BCUT2D eigenvalue weighted by Gasteiger charge is 2.33. The van der Waals surface area contributed by atoms with Gasteiger partial charge >= 0.3 is 0 Å². The Balaban J connectivity index is 1.61. The second kappa shape index (κ2) is 8.01. The average Bonchev–Trinajstić information content (AvgIpc) is 2.66. The summed E-state index contributed by atoms with van der Waals surface area (Å²) in [5.74, 6) is 0.583. The first-order chi connectivity index (χ1) is 12.6. The quantitative estimate of drug-likeness (QED) is 0.812. The van der Waals surface area contributed by atoms with E-state index in [-0.39, 0.29) is 24.4 Å². The zero-order valence-electron chi connectivity index (χ0n) is 15.1. The van der Waals surface area contributed by atoms with Crippen molar-refractivity contribution < 1.29 is 19.2 Å². The third-order valence-electron chi connectivity index (χ3n) is 4.65. The Hall–Kier alpha value is -2.86. The molecule has 0 bridgehead atoms. The SMILES string of the molecule is C[C@@H](C(=O)N1CC(=O)Nc2ccccc21)[NH+](C)CCOc1ccccc1. The zero-order chi connectivity index (χ0) is 18.5. The van der Waals surface area contributed by atoms with E-state index in [1.807, 2.05) is 68.6 Å². The predicted molar refractivity (Wildman–Crippen MR) is 101 cm³/mol. The van der Waals surface area contributed by atoms with Crippen LogP contribution in [0.2, 0.25) is 0 Å². The largest absolute Gasteiger partial charge is 0.488 e. The molecule has 2 aromatic rings. The molecule has 1 unspecified atom stereocenters. The van der Waals surface area contributed by atoms with E-state index in [2.05, 4.69) is 5.32 Å². The lowest BCUT2D eigenvalue weighted by Crippen LogP contribution is -3.14. The first kappa shape index (κ1) is 17.9. The summed E-state index contributed by atoms with van der Waals surface area (Å²) in [6.45, 7) is 3.14. The van der Waals surface area contributed by atoms with Crippen molar-refractivity contribution >= 4 is 23.2 Å². The Morgan fingerprint density at radius 3 is 2.65 bits per heavy atom. The number of anilines is 2. The Labute approximate surface area is 153 Å². The van der Waals surface area contributed by atoms with E-state index in [0.29, 0.717) is 18.8 Å². The molecule has 6 nitrogen and oxygen atoms in total. The number of hydrogen-bond acceptors (Lipinski definition) is 3. The van der Waals surface area contributed by atoms with Gasteiger partial charge in [0.15, 0.2) is 6.04 Å². The van der Waals surface area contributed by atoms with E-state index in [1.54, 1.807) is 4.90 Å². The Morgan fingerprint density at radius 1 is 1.19 bits per heavy atom. The summed E-state index contributed by atoms with van der Waals surface area (Å²) in [5.41, 5.74) is 1.42. The van der Waals surface area contributed by atoms with Crippen LogP contribution in [-0.4, -0.2) is 44.6 Å². The number of likely N-dealkylation sites (N-methyl/N-ethyl adjacent to an activating group) is 1. The van der Waals surface area contributed by atoms with Crippen molar-refractivity contribution in [1.82, 2.24) is 0 Å². The van der Waals surface area contributed by atoms with Gasteiger partial charge in [0.2, 0.25) is 5.91 Å². The first-order valence-electron chi connectivity index (χ1n) is 8.76. The number of ether oxygens (including phenoxy) is 1. The molecule has 0 saturated carbocycles. The summed E-state index contributed by atoms with van der Waals surface area (Å²) in [7, 11) is 1.97. The number of carbonyl (C=O) groups is 2. The molecule has 0 spiro atoms. The van der Waals surface area contributed by atoms with Crippen LogP contribution in [0.5, 0.6) is 5.75 Å². The van der Waals surface area contributed by atoms with Crippen LogP contribution in [0.25, 0.3) is 0 Å². The molecular weight excluding hydrogens is 330 g/mol. The number of amides is 2. The zero-order valence-corrected chi connectivity index (χ0v) is 15.1. The van der Waals surface area contributed by atoms with Crippen molar-refractivity contribution in [2.45, 2.75) is 13.0 Å². The predicted octanol–water partition coefficient (Wildman–Crippen LogP) is 0.954. The van der Waals surface area contributed by atoms with Gasteiger partial charge in [0.05, 0.1) is 18.4 Å². The molecule has 2 amide bonds. The number of nitrogens with one attached hydrogen (secondary N) is 2. The summed E-state index contributed by atoms with van der Waals surface area (Å²) in [6, 6.07) is 16.7. The van der Waals surface area contributed by atoms with Gasteiger partial charge in [-0.1, -0.05) is 30.3 Å². The van der Waals surface area contributed by atoms with Crippen molar-refractivity contribution in [3.05, 3.63) is 54.6 Å². The highest BCUT2D eigenvalue weighted by molar-refractivity contribution is 6.10. The molecule has 0 radical (unpaired) electrons. The van der Waals surface area contributed by atoms with E-state index < -0.39 is 0 Å². The van der Waals surface area contributed by atoms with Gasteiger partial charge in [0.25, 0.3) is 5.91 Å². The van der Waals surface area contributed by atoms with Crippen LogP contribution >= 0.6 is 0 Å². The summed E-state index contributed by atoms with van der Waals surface area (Å²) in [4.78, 5) is 27.5. The van der Waals surface area contributed by atoms with Crippen LogP contribution < -0.4 is 19.9 Å². The molecule has 1 aliphatic heterocycles. The number of rotatable bonds is 6. The van der Waals surface area contributed by atoms with Gasteiger partial charge in [-0.25, -0.2) is 0 Å². The van der Waals surface area contributed by atoms with Gasteiger partial charge in [-0.3, -0.25) is 14.5 Å². The van der Waals surface area contributed by atoms with Gasteiger partial charge in [0, 0.05) is 0 Å². The van der Waals surface area contributed by atoms with E-state index in [9.17, 15) is 9.59 Å². The van der Waals surface area contributed by atoms with Crippen LogP contribution in [0.1, 0.15) is 6.92 Å². The number of quaternary nitrogens is 1. The van der Waals surface area contributed by atoms with Crippen LogP contribution in [0.4, 0.5) is 11.4 Å². The van der Waals surface area contributed by atoms with E-state index in [1.165, 1.54) is 0 Å². The van der Waals surface area contributed by atoms with Crippen LogP contribution in [0.15, 0.2) is 54.6 Å². The van der Waals surface area contributed by atoms with Crippen LogP contribution in [0, 0.1) is 0 Å². The number of fused-ring (bicyclic) bond motifs is 1. The molecule has 26 heavy (non-hydrogen) atoms. The number of para-hydroxylation sites is 3. The highest BCUT2D eigenvalue weighted by atomic mass is 16.5. The van der Waals surface area contributed by atoms with Gasteiger partial charge in [-0.05, 0) is 31.2 Å². The van der Waals surface area contributed by atoms with E-state index in [0.717, 1.165) is 16.3 Å². The average molecular weight is 354 g/mol. The normalized spacial score (nSPS) is 15.6. The Kier molecular flexibility index (Phi) is 5.53. The van der Waals surface area contributed by atoms with Crippen LogP contribution in [-0.2, 0) is 9.59 Å². The number of nitrogens with zero attached hydrogens (tertiary/aromatic N) is 1. The second-order valence-electron chi connectivity index (χ2n) is 6.47. The smallest absolute Gasteiger partial charge is 0.285 e. The summed E-state index contributed by atoms with van der Waals surface area (Å²) in [5, 5.41) is 2.81. The minimum Gasteiger partial charge on any atom is -0.488 e. The monoisotopic (exact) mass is 354 g/mol. The van der Waals surface area contributed by atoms with E-state index >= 15 is 0 Å². The molecule has 3 rings (SSSR count).